The molecule has 0 bridgehead atoms. The van der Waals surface area contributed by atoms with E-state index in [1.54, 1.807) is 17.8 Å². The summed E-state index contributed by atoms with van der Waals surface area (Å²) in [5, 5.41) is 17.7. The summed E-state index contributed by atoms with van der Waals surface area (Å²) >= 11 is 8.03. The van der Waals surface area contributed by atoms with Crippen molar-refractivity contribution in [3.63, 3.8) is 0 Å². The lowest BCUT2D eigenvalue weighted by Crippen LogP contribution is -2.33. The van der Waals surface area contributed by atoms with Gasteiger partial charge in [-0.05, 0) is 78.6 Å². The van der Waals surface area contributed by atoms with Gasteiger partial charge in [-0.3, -0.25) is 19.3 Å². The molecule has 0 unspecified atom stereocenters. The van der Waals surface area contributed by atoms with Gasteiger partial charge < -0.3 is 15.1 Å². The van der Waals surface area contributed by atoms with Gasteiger partial charge in [0, 0.05) is 29.2 Å². The minimum Gasteiger partial charge on any atom is -0.481 e. The van der Waals surface area contributed by atoms with Crippen LogP contribution in [0.4, 0.5) is 11.4 Å². The molecular formula is C25H24N2O5S3. The molecule has 0 saturated carbocycles. The molecule has 2 heterocycles. The molecule has 2 N–H and O–H groups in total. The summed E-state index contributed by atoms with van der Waals surface area (Å²) in [6.45, 7) is 0.435. The fourth-order valence-electron chi connectivity index (χ4n) is 3.99. The second kappa shape index (κ2) is 11.3. The SMILES string of the molecule is O=C(O)CCCCSc1ccc(N2CCc3cc(C=C4SC(=S)N(CC(=O)O)C4=O)ccc32)cc1. The molecule has 1 amide bonds. The van der Waals surface area contributed by atoms with Gasteiger partial charge in [0.2, 0.25) is 0 Å². The van der Waals surface area contributed by atoms with E-state index < -0.39 is 18.5 Å². The van der Waals surface area contributed by atoms with Crippen LogP contribution in [0.25, 0.3) is 6.08 Å². The number of amides is 1. The van der Waals surface area contributed by atoms with Gasteiger partial charge in [-0.2, -0.15) is 0 Å². The first-order chi connectivity index (χ1) is 16.8. The monoisotopic (exact) mass is 528 g/mol. The van der Waals surface area contributed by atoms with E-state index >= 15 is 0 Å². The number of hydrogen-bond donors (Lipinski definition) is 2. The lowest BCUT2D eigenvalue weighted by molar-refractivity contribution is -0.140. The van der Waals surface area contributed by atoms with Crippen molar-refractivity contribution in [2.75, 3.05) is 23.7 Å². The molecule has 0 radical (unpaired) electrons. The first kappa shape index (κ1) is 25.3. The second-order valence-corrected chi connectivity index (χ2v) is 11.0. The number of thiocarbonyl (C=S) groups is 1. The predicted molar refractivity (Wildman–Crippen MR) is 143 cm³/mol. The van der Waals surface area contributed by atoms with Crippen molar-refractivity contribution < 1.29 is 24.6 Å². The summed E-state index contributed by atoms with van der Waals surface area (Å²) in [5.41, 5.74) is 4.32. The average Bonchev–Trinajstić information content (AvgIpc) is 3.35. The number of carboxylic acids is 2. The van der Waals surface area contributed by atoms with Crippen molar-refractivity contribution in [2.24, 2.45) is 0 Å². The van der Waals surface area contributed by atoms with E-state index in [2.05, 4.69) is 41.3 Å². The van der Waals surface area contributed by atoms with Crippen molar-refractivity contribution >= 4 is 75.4 Å². The third kappa shape index (κ3) is 6.25. The van der Waals surface area contributed by atoms with Crippen LogP contribution in [0.1, 0.15) is 30.4 Å². The Balaban J connectivity index is 1.40. The van der Waals surface area contributed by atoms with Crippen LogP contribution < -0.4 is 4.90 Å². The Morgan fingerprint density at radius 2 is 1.86 bits per heavy atom. The molecule has 2 aliphatic heterocycles. The number of aliphatic carboxylic acids is 2. The van der Waals surface area contributed by atoms with Gasteiger partial charge in [0.25, 0.3) is 5.91 Å². The highest BCUT2D eigenvalue weighted by Gasteiger charge is 2.33. The zero-order valence-corrected chi connectivity index (χ0v) is 21.3. The third-order valence-electron chi connectivity index (χ3n) is 5.67. The van der Waals surface area contributed by atoms with Crippen LogP contribution in [0.5, 0.6) is 0 Å². The number of nitrogens with zero attached hydrogens (tertiary/aromatic N) is 2. The van der Waals surface area contributed by atoms with Crippen molar-refractivity contribution in [2.45, 2.75) is 30.6 Å². The van der Waals surface area contributed by atoms with E-state index in [9.17, 15) is 14.4 Å². The number of carbonyl (C=O) groups is 3. The fourth-order valence-corrected chi connectivity index (χ4v) is 6.16. The van der Waals surface area contributed by atoms with Crippen LogP contribution in [-0.2, 0) is 20.8 Å². The van der Waals surface area contributed by atoms with Crippen LogP contribution in [0.15, 0.2) is 52.3 Å². The van der Waals surface area contributed by atoms with Crippen molar-refractivity contribution in [3.05, 3.63) is 58.5 Å². The molecule has 35 heavy (non-hydrogen) atoms. The quantitative estimate of drug-likeness (QED) is 0.191. The maximum Gasteiger partial charge on any atom is 0.323 e. The van der Waals surface area contributed by atoms with Gasteiger partial charge in [0.15, 0.2) is 0 Å². The Bertz CT molecular complexity index is 1200. The van der Waals surface area contributed by atoms with Crippen LogP contribution in [0, 0.1) is 0 Å². The molecule has 2 aromatic carbocycles. The number of unbranched alkanes of at least 4 members (excludes halogenated alkanes) is 1. The van der Waals surface area contributed by atoms with Gasteiger partial charge in [-0.25, -0.2) is 0 Å². The molecule has 10 heteroatoms. The van der Waals surface area contributed by atoms with E-state index in [-0.39, 0.29) is 16.6 Å². The number of anilines is 2. The molecule has 0 aromatic heterocycles. The standard InChI is InChI=1S/C25H24N2O5S3/c28-22(29)3-1-2-12-34-19-7-5-18(6-8-19)26-11-10-17-13-16(4-9-20(17)26)14-21-24(32)27(15-23(30)31)25(33)35-21/h4-9,13-14H,1-3,10-12,15H2,(H,28,29)(H,30,31). The van der Waals surface area contributed by atoms with Gasteiger partial charge in [-0.1, -0.05) is 30.0 Å². The number of rotatable bonds is 10. The topological polar surface area (TPSA) is 98.2 Å². The molecule has 7 nitrogen and oxygen atoms in total. The molecule has 0 aliphatic carbocycles. The summed E-state index contributed by atoms with van der Waals surface area (Å²) in [7, 11) is 0. The minimum atomic E-state index is -1.09. The summed E-state index contributed by atoms with van der Waals surface area (Å²) < 4.78 is 0.262. The van der Waals surface area contributed by atoms with Crippen LogP contribution in [0.3, 0.4) is 0 Å². The fraction of sp³-hybridized carbons (Fsp3) is 0.280. The van der Waals surface area contributed by atoms with E-state index in [0.29, 0.717) is 11.3 Å². The highest BCUT2D eigenvalue weighted by Crippen LogP contribution is 2.37. The number of carbonyl (C=O) groups excluding carboxylic acids is 1. The minimum absolute atomic E-state index is 0.221. The molecule has 2 aliphatic rings. The Kier molecular flexibility index (Phi) is 8.15. The van der Waals surface area contributed by atoms with Crippen LogP contribution >= 0.6 is 35.7 Å². The van der Waals surface area contributed by atoms with Crippen molar-refractivity contribution in [1.82, 2.24) is 4.90 Å². The highest BCUT2D eigenvalue weighted by molar-refractivity contribution is 8.26. The van der Waals surface area contributed by atoms with E-state index in [0.717, 1.165) is 58.7 Å². The Labute approximate surface area is 217 Å². The molecule has 1 fully saturated rings. The lowest BCUT2D eigenvalue weighted by atomic mass is 10.1. The summed E-state index contributed by atoms with van der Waals surface area (Å²) in [4.78, 5) is 39.1. The molecule has 0 atom stereocenters. The lowest BCUT2D eigenvalue weighted by Gasteiger charge is -2.20. The van der Waals surface area contributed by atoms with Gasteiger partial charge in [-0.15, -0.1) is 11.8 Å². The van der Waals surface area contributed by atoms with Gasteiger partial charge >= 0.3 is 11.9 Å². The molecular weight excluding hydrogens is 504 g/mol. The van der Waals surface area contributed by atoms with E-state index in [4.69, 9.17) is 22.4 Å². The number of carboxylic acid groups (broad SMARTS) is 2. The first-order valence-electron chi connectivity index (χ1n) is 11.1. The number of benzene rings is 2. The summed E-state index contributed by atoms with van der Waals surface area (Å²) in [6, 6.07) is 14.5. The zero-order chi connectivity index (χ0) is 24.9. The van der Waals surface area contributed by atoms with Crippen LogP contribution in [0.2, 0.25) is 0 Å². The normalized spacial score (nSPS) is 16.3. The maximum atomic E-state index is 12.5. The summed E-state index contributed by atoms with van der Waals surface area (Å²) in [6.07, 6.45) is 4.45. The largest absolute Gasteiger partial charge is 0.481 e. The Hall–Kier alpha value is -2.82. The smallest absolute Gasteiger partial charge is 0.323 e. The zero-order valence-electron chi connectivity index (χ0n) is 18.8. The highest BCUT2D eigenvalue weighted by atomic mass is 32.2. The molecule has 1 saturated heterocycles. The molecule has 0 spiro atoms. The number of thioether (sulfide) groups is 2. The molecule has 2 aromatic rings. The Morgan fingerprint density at radius 3 is 2.57 bits per heavy atom. The van der Waals surface area contributed by atoms with E-state index in [1.807, 2.05) is 6.07 Å². The first-order valence-corrected chi connectivity index (χ1v) is 13.3. The molecule has 182 valence electrons. The van der Waals surface area contributed by atoms with Gasteiger partial charge in [0.1, 0.15) is 10.9 Å². The second-order valence-electron chi connectivity index (χ2n) is 8.14. The van der Waals surface area contributed by atoms with Gasteiger partial charge in [0.05, 0.1) is 4.91 Å². The van der Waals surface area contributed by atoms with Crippen LogP contribution in [-0.4, -0.2) is 56.1 Å². The third-order valence-corrected chi connectivity index (χ3v) is 8.14. The van der Waals surface area contributed by atoms with Crippen molar-refractivity contribution in [1.29, 1.82) is 0 Å². The van der Waals surface area contributed by atoms with Crippen molar-refractivity contribution in [3.8, 4) is 0 Å². The maximum absolute atomic E-state index is 12.5. The molecule has 4 rings (SSSR count). The average molecular weight is 529 g/mol. The number of fused-ring (bicyclic) bond motifs is 1. The summed E-state index contributed by atoms with van der Waals surface area (Å²) in [5.74, 6) is -1.31. The Morgan fingerprint density at radius 1 is 1.09 bits per heavy atom. The predicted octanol–water partition coefficient (Wildman–Crippen LogP) is 5.01. The van der Waals surface area contributed by atoms with E-state index in [1.165, 1.54) is 10.5 Å². The number of hydrogen-bond acceptors (Lipinski definition) is 7.